The van der Waals surface area contributed by atoms with Crippen LogP contribution < -0.4 is 5.84 Å². The number of nitrogens with two attached hydrogens (primary N) is 1. The Balaban J connectivity index is 4.44. The van der Waals surface area contributed by atoms with Gasteiger partial charge in [0.1, 0.15) is 0 Å². The first-order valence-electron chi connectivity index (χ1n) is 3.62. The van der Waals surface area contributed by atoms with E-state index >= 15 is 0 Å². The SMILES string of the molecule is CC(C)=C(C(C)C)N(C)N. The first kappa shape index (κ1) is 9.50. The molecule has 0 bridgehead atoms. The van der Waals surface area contributed by atoms with Gasteiger partial charge in [0.15, 0.2) is 0 Å². The topological polar surface area (TPSA) is 29.3 Å². The van der Waals surface area contributed by atoms with Crippen LogP contribution in [-0.4, -0.2) is 12.1 Å². The van der Waals surface area contributed by atoms with Gasteiger partial charge in [-0.2, -0.15) is 0 Å². The second-order valence-electron chi connectivity index (χ2n) is 3.15. The third kappa shape index (κ3) is 2.40. The first-order valence-corrected chi connectivity index (χ1v) is 3.62. The molecule has 0 aromatic heterocycles. The Kier molecular flexibility index (Phi) is 3.43. The smallest absolute Gasteiger partial charge is 0.0299 e. The molecule has 2 N–H and O–H groups in total. The number of hydrogen-bond donors (Lipinski definition) is 1. The van der Waals surface area contributed by atoms with Crippen LogP contribution in [0.4, 0.5) is 0 Å². The summed E-state index contributed by atoms with van der Waals surface area (Å²) < 4.78 is 0. The van der Waals surface area contributed by atoms with Crippen LogP contribution in [0.2, 0.25) is 0 Å². The molecule has 2 nitrogen and oxygen atoms in total. The second-order valence-corrected chi connectivity index (χ2v) is 3.15. The van der Waals surface area contributed by atoms with Crippen molar-refractivity contribution in [2.24, 2.45) is 11.8 Å². The second kappa shape index (κ2) is 3.62. The fourth-order valence-electron chi connectivity index (χ4n) is 1.34. The summed E-state index contributed by atoms with van der Waals surface area (Å²) in [6, 6.07) is 0. The molecular formula is C8H18N2. The highest BCUT2D eigenvalue weighted by molar-refractivity contribution is 5.09. The van der Waals surface area contributed by atoms with Gasteiger partial charge in [-0.05, 0) is 19.8 Å². The lowest BCUT2D eigenvalue weighted by molar-refractivity contribution is 0.385. The Bertz CT molecular complexity index is 120. The molecule has 0 atom stereocenters. The number of allylic oxidation sites excluding steroid dienone is 2. The van der Waals surface area contributed by atoms with Crippen molar-refractivity contribution in [2.45, 2.75) is 27.7 Å². The summed E-state index contributed by atoms with van der Waals surface area (Å²) in [5.74, 6) is 6.13. The fourth-order valence-corrected chi connectivity index (χ4v) is 1.34. The van der Waals surface area contributed by atoms with Gasteiger partial charge in [-0.3, -0.25) is 0 Å². The zero-order valence-corrected chi connectivity index (χ0v) is 7.60. The van der Waals surface area contributed by atoms with Crippen molar-refractivity contribution in [3.05, 3.63) is 11.3 Å². The monoisotopic (exact) mass is 142 g/mol. The molecule has 0 saturated heterocycles. The highest BCUT2D eigenvalue weighted by atomic mass is 15.4. The summed E-state index contributed by atoms with van der Waals surface area (Å²) in [4.78, 5) is 0. The lowest BCUT2D eigenvalue weighted by atomic mass is 10.1. The molecule has 0 aliphatic heterocycles. The first-order chi connectivity index (χ1) is 4.46. The van der Waals surface area contributed by atoms with Crippen molar-refractivity contribution in [3.8, 4) is 0 Å². The molecule has 0 saturated carbocycles. The molecule has 0 radical (unpaired) electrons. The standard InChI is InChI=1S/C8H18N2/c1-6(2)8(7(3)4)10(5)9/h6H,9H2,1-5H3. The maximum atomic E-state index is 5.61. The van der Waals surface area contributed by atoms with Crippen LogP contribution in [0.1, 0.15) is 27.7 Å². The van der Waals surface area contributed by atoms with E-state index in [2.05, 4.69) is 27.7 Å². The molecule has 2 heteroatoms. The van der Waals surface area contributed by atoms with Gasteiger partial charge in [-0.25, -0.2) is 5.84 Å². The lowest BCUT2D eigenvalue weighted by Crippen LogP contribution is -2.28. The Morgan fingerprint density at radius 3 is 1.70 bits per heavy atom. The third-order valence-corrected chi connectivity index (χ3v) is 1.44. The molecule has 0 rings (SSSR count). The Morgan fingerprint density at radius 2 is 1.70 bits per heavy atom. The molecule has 0 aromatic carbocycles. The van der Waals surface area contributed by atoms with Crippen LogP contribution in [0.15, 0.2) is 11.3 Å². The van der Waals surface area contributed by atoms with Crippen LogP contribution in [-0.2, 0) is 0 Å². The van der Waals surface area contributed by atoms with Crippen molar-refractivity contribution in [1.82, 2.24) is 5.01 Å². The van der Waals surface area contributed by atoms with Crippen molar-refractivity contribution >= 4 is 0 Å². The number of hydrazine groups is 1. The maximum absolute atomic E-state index is 5.61. The summed E-state index contributed by atoms with van der Waals surface area (Å²) in [6.45, 7) is 8.45. The highest BCUT2D eigenvalue weighted by Crippen LogP contribution is 2.14. The van der Waals surface area contributed by atoms with Gasteiger partial charge < -0.3 is 5.01 Å². The molecule has 0 aromatic rings. The van der Waals surface area contributed by atoms with E-state index in [9.17, 15) is 0 Å². The summed E-state index contributed by atoms with van der Waals surface area (Å²) in [5, 5.41) is 1.69. The van der Waals surface area contributed by atoms with Gasteiger partial charge in [0.2, 0.25) is 0 Å². The molecular weight excluding hydrogens is 124 g/mol. The molecule has 0 heterocycles. The van der Waals surface area contributed by atoms with Gasteiger partial charge in [-0.15, -0.1) is 0 Å². The van der Waals surface area contributed by atoms with Gasteiger partial charge in [0.25, 0.3) is 0 Å². The van der Waals surface area contributed by atoms with Crippen LogP contribution in [0.3, 0.4) is 0 Å². The average Bonchev–Trinajstić information content (AvgIpc) is 1.59. The molecule has 10 heavy (non-hydrogen) atoms. The normalized spacial score (nSPS) is 9.90. The van der Waals surface area contributed by atoms with E-state index in [4.69, 9.17) is 5.84 Å². The van der Waals surface area contributed by atoms with E-state index in [0.717, 1.165) is 0 Å². The molecule has 0 spiro atoms. The van der Waals surface area contributed by atoms with Gasteiger partial charge in [-0.1, -0.05) is 19.4 Å². The van der Waals surface area contributed by atoms with E-state index in [1.54, 1.807) is 5.01 Å². The summed E-state index contributed by atoms with van der Waals surface area (Å²) in [5.41, 5.74) is 2.51. The predicted molar refractivity (Wildman–Crippen MR) is 45.2 cm³/mol. The van der Waals surface area contributed by atoms with Crippen molar-refractivity contribution in [2.75, 3.05) is 7.05 Å². The number of hydrogen-bond acceptors (Lipinski definition) is 2. The van der Waals surface area contributed by atoms with Gasteiger partial charge in [0, 0.05) is 12.7 Å². The fraction of sp³-hybridized carbons (Fsp3) is 0.750. The summed E-state index contributed by atoms with van der Waals surface area (Å²) >= 11 is 0. The molecule has 0 aliphatic carbocycles. The number of rotatable bonds is 2. The lowest BCUT2D eigenvalue weighted by Gasteiger charge is -2.21. The third-order valence-electron chi connectivity index (χ3n) is 1.44. The zero-order chi connectivity index (χ0) is 8.31. The average molecular weight is 142 g/mol. The van der Waals surface area contributed by atoms with Crippen molar-refractivity contribution in [1.29, 1.82) is 0 Å². The molecule has 0 aliphatic rings. The summed E-state index contributed by atoms with van der Waals surface area (Å²) in [6.07, 6.45) is 0. The van der Waals surface area contributed by atoms with Gasteiger partial charge >= 0.3 is 0 Å². The minimum atomic E-state index is 0.514. The van der Waals surface area contributed by atoms with Gasteiger partial charge in [0.05, 0.1) is 0 Å². The van der Waals surface area contributed by atoms with E-state index in [1.807, 2.05) is 7.05 Å². The predicted octanol–water partition coefficient (Wildman–Crippen LogP) is 1.74. The Hall–Kier alpha value is -0.500. The van der Waals surface area contributed by atoms with E-state index in [-0.39, 0.29) is 0 Å². The summed E-state index contributed by atoms with van der Waals surface area (Å²) in [7, 11) is 1.88. The molecule has 0 fully saturated rings. The minimum absolute atomic E-state index is 0.514. The Morgan fingerprint density at radius 1 is 1.30 bits per heavy atom. The van der Waals surface area contributed by atoms with E-state index in [0.29, 0.717) is 5.92 Å². The highest BCUT2D eigenvalue weighted by Gasteiger charge is 2.06. The number of nitrogens with zero attached hydrogens (tertiary/aromatic N) is 1. The quantitative estimate of drug-likeness (QED) is 0.470. The maximum Gasteiger partial charge on any atom is 0.0299 e. The molecule has 0 amide bonds. The largest absolute Gasteiger partial charge is 0.318 e. The van der Waals surface area contributed by atoms with Crippen molar-refractivity contribution < 1.29 is 0 Å². The van der Waals surface area contributed by atoms with Crippen LogP contribution >= 0.6 is 0 Å². The Labute approximate surface area is 63.7 Å². The molecule has 60 valence electrons. The molecule has 0 unspecified atom stereocenters. The van der Waals surface area contributed by atoms with Crippen LogP contribution in [0, 0.1) is 5.92 Å². The van der Waals surface area contributed by atoms with E-state index in [1.165, 1.54) is 11.3 Å². The van der Waals surface area contributed by atoms with Crippen molar-refractivity contribution in [3.63, 3.8) is 0 Å². The zero-order valence-electron chi connectivity index (χ0n) is 7.60. The minimum Gasteiger partial charge on any atom is -0.318 e. The van der Waals surface area contributed by atoms with Crippen LogP contribution in [0.5, 0.6) is 0 Å². The van der Waals surface area contributed by atoms with Crippen LogP contribution in [0.25, 0.3) is 0 Å². The van der Waals surface area contributed by atoms with E-state index < -0.39 is 0 Å².